The van der Waals surface area contributed by atoms with E-state index in [1.54, 1.807) is 0 Å². The van der Waals surface area contributed by atoms with Crippen LogP contribution in [-0.2, 0) is 6.54 Å². The summed E-state index contributed by atoms with van der Waals surface area (Å²) in [5, 5.41) is 11.0. The molecule has 3 heterocycles. The van der Waals surface area contributed by atoms with Gasteiger partial charge < -0.3 is 15.0 Å². The van der Waals surface area contributed by atoms with Crippen LogP contribution in [-0.4, -0.2) is 63.2 Å². The molecule has 2 aromatic rings. The molecule has 0 saturated carbocycles. The topological polar surface area (TPSA) is 55.4 Å². The molecule has 1 atom stereocenters. The van der Waals surface area contributed by atoms with E-state index < -0.39 is 5.60 Å². The van der Waals surface area contributed by atoms with Crippen LogP contribution in [0.1, 0.15) is 31.5 Å². The summed E-state index contributed by atoms with van der Waals surface area (Å²) in [7, 11) is 0. The second kappa shape index (κ2) is 6.23. The molecule has 23 heavy (non-hydrogen) atoms. The minimum Gasteiger partial charge on any atom is -0.387 e. The van der Waals surface area contributed by atoms with Crippen molar-refractivity contribution in [2.75, 3.05) is 32.7 Å². The Balaban J connectivity index is 1.42. The first-order valence-electron chi connectivity index (χ1n) is 8.81. The van der Waals surface area contributed by atoms with Gasteiger partial charge in [0.25, 0.3) is 0 Å². The Kier molecular flexibility index (Phi) is 4.09. The SMILES string of the molecule is O[C@]1(CN2CCCC2)CCCN(Cc2nc3ccccc3[nH]2)C1. The normalized spacial score (nSPS) is 27.0. The van der Waals surface area contributed by atoms with E-state index in [1.807, 2.05) is 18.2 Å². The van der Waals surface area contributed by atoms with Gasteiger partial charge in [0, 0.05) is 13.1 Å². The minimum absolute atomic E-state index is 0.561. The van der Waals surface area contributed by atoms with E-state index in [4.69, 9.17) is 0 Å². The van der Waals surface area contributed by atoms with Crippen LogP contribution >= 0.6 is 0 Å². The van der Waals surface area contributed by atoms with Crippen LogP contribution in [0.5, 0.6) is 0 Å². The maximum absolute atomic E-state index is 11.0. The number of benzene rings is 1. The van der Waals surface area contributed by atoms with Gasteiger partial charge in [-0.25, -0.2) is 4.98 Å². The fourth-order valence-electron chi connectivity index (χ4n) is 4.12. The summed E-state index contributed by atoms with van der Waals surface area (Å²) in [6.07, 6.45) is 4.53. The van der Waals surface area contributed by atoms with Crippen LogP contribution < -0.4 is 0 Å². The Morgan fingerprint density at radius 1 is 1.09 bits per heavy atom. The number of hydrogen-bond acceptors (Lipinski definition) is 4. The summed E-state index contributed by atoms with van der Waals surface area (Å²) in [6, 6.07) is 8.14. The van der Waals surface area contributed by atoms with Gasteiger partial charge in [-0.1, -0.05) is 12.1 Å². The first kappa shape index (κ1) is 15.1. The van der Waals surface area contributed by atoms with Gasteiger partial charge in [0.1, 0.15) is 5.82 Å². The van der Waals surface area contributed by atoms with Crippen molar-refractivity contribution in [1.29, 1.82) is 0 Å². The van der Waals surface area contributed by atoms with Crippen molar-refractivity contribution in [3.63, 3.8) is 0 Å². The van der Waals surface area contributed by atoms with Crippen molar-refractivity contribution in [3.05, 3.63) is 30.1 Å². The number of rotatable bonds is 4. The molecule has 2 aliphatic heterocycles. The Labute approximate surface area is 137 Å². The molecule has 0 bridgehead atoms. The summed E-state index contributed by atoms with van der Waals surface area (Å²) >= 11 is 0. The van der Waals surface area contributed by atoms with Crippen molar-refractivity contribution >= 4 is 11.0 Å². The van der Waals surface area contributed by atoms with E-state index in [2.05, 4.69) is 25.8 Å². The van der Waals surface area contributed by atoms with Crippen LogP contribution in [0.15, 0.2) is 24.3 Å². The van der Waals surface area contributed by atoms with Gasteiger partial charge in [-0.3, -0.25) is 4.90 Å². The van der Waals surface area contributed by atoms with E-state index in [-0.39, 0.29) is 0 Å². The Bertz CT molecular complexity index is 631. The monoisotopic (exact) mass is 314 g/mol. The lowest BCUT2D eigenvalue weighted by Gasteiger charge is -2.41. The van der Waals surface area contributed by atoms with Crippen molar-refractivity contribution in [2.45, 2.75) is 37.8 Å². The molecule has 0 amide bonds. The lowest BCUT2D eigenvalue weighted by molar-refractivity contribution is -0.0523. The van der Waals surface area contributed by atoms with Crippen molar-refractivity contribution < 1.29 is 5.11 Å². The number of likely N-dealkylation sites (tertiary alicyclic amines) is 2. The fourth-order valence-corrected chi connectivity index (χ4v) is 4.12. The van der Waals surface area contributed by atoms with E-state index in [0.717, 1.165) is 69.0 Å². The van der Waals surface area contributed by atoms with Gasteiger partial charge in [-0.2, -0.15) is 0 Å². The van der Waals surface area contributed by atoms with E-state index >= 15 is 0 Å². The number of aliphatic hydroxyl groups is 1. The van der Waals surface area contributed by atoms with E-state index in [9.17, 15) is 5.11 Å². The molecular weight excluding hydrogens is 288 g/mol. The summed E-state index contributed by atoms with van der Waals surface area (Å²) in [4.78, 5) is 12.8. The minimum atomic E-state index is -0.561. The highest BCUT2D eigenvalue weighted by Gasteiger charge is 2.35. The summed E-state index contributed by atoms with van der Waals surface area (Å²) < 4.78 is 0. The molecule has 5 heteroatoms. The average Bonchev–Trinajstić information content (AvgIpc) is 3.15. The number of nitrogens with zero attached hydrogens (tertiary/aromatic N) is 3. The predicted molar refractivity (Wildman–Crippen MR) is 91.2 cm³/mol. The molecule has 2 fully saturated rings. The fraction of sp³-hybridized carbons (Fsp3) is 0.611. The number of nitrogens with one attached hydrogen (secondary N) is 1. The maximum Gasteiger partial charge on any atom is 0.121 e. The third-order valence-electron chi connectivity index (χ3n) is 5.16. The summed E-state index contributed by atoms with van der Waals surface area (Å²) in [5.41, 5.74) is 1.55. The number of imidazole rings is 1. The van der Waals surface area contributed by atoms with Crippen LogP contribution in [0.25, 0.3) is 11.0 Å². The molecule has 1 aromatic heterocycles. The molecule has 124 valence electrons. The zero-order chi connectivity index (χ0) is 15.7. The molecule has 2 aliphatic rings. The maximum atomic E-state index is 11.0. The third-order valence-corrected chi connectivity index (χ3v) is 5.16. The number of β-amino-alcohol motifs (C(OH)–C–C–N with tert-alkyl or cyclic N) is 1. The molecular formula is C18H26N4O. The number of piperidine rings is 1. The number of aromatic nitrogens is 2. The van der Waals surface area contributed by atoms with Gasteiger partial charge in [0.05, 0.1) is 23.2 Å². The molecule has 5 nitrogen and oxygen atoms in total. The zero-order valence-corrected chi connectivity index (χ0v) is 13.7. The van der Waals surface area contributed by atoms with Gasteiger partial charge in [0.2, 0.25) is 0 Å². The number of para-hydroxylation sites is 2. The Morgan fingerprint density at radius 2 is 1.87 bits per heavy atom. The standard InChI is InChI=1S/C18H26N4O/c23-18(13-21-9-3-4-10-21)8-5-11-22(14-18)12-17-19-15-6-1-2-7-16(15)20-17/h1-2,6-7,23H,3-5,8-14H2,(H,19,20)/t18-/m0/s1. The van der Waals surface area contributed by atoms with Crippen LogP contribution in [0.2, 0.25) is 0 Å². The van der Waals surface area contributed by atoms with Gasteiger partial charge in [-0.15, -0.1) is 0 Å². The van der Waals surface area contributed by atoms with E-state index in [0.29, 0.717) is 0 Å². The van der Waals surface area contributed by atoms with Crippen molar-refractivity contribution in [1.82, 2.24) is 19.8 Å². The van der Waals surface area contributed by atoms with Crippen LogP contribution in [0.4, 0.5) is 0 Å². The molecule has 0 spiro atoms. The Morgan fingerprint density at radius 3 is 2.70 bits per heavy atom. The van der Waals surface area contributed by atoms with Gasteiger partial charge >= 0.3 is 0 Å². The lowest BCUT2D eigenvalue weighted by Crippen LogP contribution is -2.53. The number of H-pyrrole nitrogens is 1. The van der Waals surface area contributed by atoms with Gasteiger partial charge in [-0.05, 0) is 57.5 Å². The molecule has 4 rings (SSSR count). The second-order valence-corrected chi connectivity index (χ2v) is 7.22. The smallest absolute Gasteiger partial charge is 0.121 e. The van der Waals surface area contributed by atoms with Gasteiger partial charge in [0.15, 0.2) is 0 Å². The van der Waals surface area contributed by atoms with Crippen molar-refractivity contribution in [3.8, 4) is 0 Å². The second-order valence-electron chi connectivity index (χ2n) is 7.22. The van der Waals surface area contributed by atoms with Crippen LogP contribution in [0, 0.1) is 0 Å². The number of aromatic amines is 1. The molecule has 0 aliphatic carbocycles. The molecule has 0 radical (unpaired) electrons. The molecule has 2 N–H and O–H groups in total. The molecule has 0 unspecified atom stereocenters. The number of fused-ring (bicyclic) bond motifs is 1. The molecule has 1 aromatic carbocycles. The van der Waals surface area contributed by atoms with Crippen LogP contribution in [0.3, 0.4) is 0 Å². The largest absolute Gasteiger partial charge is 0.387 e. The predicted octanol–water partition coefficient (Wildman–Crippen LogP) is 1.99. The zero-order valence-electron chi connectivity index (χ0n) is 13.7. The first-order valence-corrected chi connectivity index (χ1v) is 8.81. The lowest BCUT2D eigenvalue weighted by atomic mass is 9.92. The third kappa shape index (κ3) is 3.42. The highest BCUT2D eigenvalue weighted by molar-refractivity contribution is 5.74. The quantitative estimate of drug-likeness (QED) is 0.906. The average molecular weight is 314 g/mol. The Hall–Kier alpha value is -1.43. The van der Waals surface area contributed by atoms with E-state index in [1.165, 1.54) is 12.8 Å². The summed E-state index contributed by atoms with van der Waals surface area (Å²) in [6.45, 7) is 5.69. The number of hydrogen-bond donors (Lipinski definition) is 2. The first-order chi connectivity index (χ1) is 11.2. The molecule has 2 saturated heterocycles. The highest BCUT2D eigenvalue weighted by atomic mass is 16.3. The van der Waals surface area contributed by atoms with Crippen molar-refractivity contribution in [2.24, 2.45) is 0 Å². The summed E-state index contributed by atoms with van der Waals surface area (Å²) in [5.74, 6) is 0.997. The highest BCUT2D eigenvalue weighted by Crippen LogP contribution is 2.25.